The van der Waals surface area contributed by atoms with Gasteiger partial charge in [0.05, 0.1) is 6.26 Å². The van der Waals surface area contributed by atoms with E-state index < -0.39 is 0 Å². The molecular formula is C14H7NO3S2. The third-order valence-corrected chi connectivity index (χ3v) is 4.64. The van der Waals surface area contributed by atoms with Gasteiger partial charge >= 0.3 is 0 Å². The topological polar surface area (TPSA) is 56.2 Å². The smallest absolute Gasteiger partial charge is 0.285 e. The Morgan fingerprint density at radius 2 is 2.10 bits per heavy atom. The molecule has 4 aromatic rings. The average Bonchev–Trinajstić information content (AvgIpc) is 3.19. The zero-order valence-electron chi connectivity index (χ0n) is 10.0. The van der Waals surface area contributed by atoms with Crippen LogP contribution in [0.4, 0.5) is 0 Å². The van der Waals surface area contributed by atoms with Crippen molar-refractivity contribution in [2.45, 2.75) is 0 Å². The summed E-state index contributed by atoms with van der Waals surface area (Å²) in [6.07, 6.45) is 1.52. The van der Waals surface area contributed by atoms with E-state index in [0.717, 1.165) is 10.4 Å². The average molecular weight is 301 g/mol. The molecule has 20 heavy (non-hydrogen) atoms. The van der Waals surface area contributed by atoms with Gasteiger partial charge in [0.15, 0.2) is 10.7 Å². The first kappa shape index (κ1) is 11.6. The lowest BCUT2D eigenvalue weighted by Gasteiger charge is -1.96. The van der Waals surface area contributed by atoms with E-state index in [1.165, 1.54) is 17.6 Å². The number of aromatic nitrogens is 1. The number of thiophene rings is 2. The van der Waals surface area contributed by atoms with Crippen molar-refractivity contribution in [3.63, 3.8) is 0 Å². The van der Waals surface area contributed by atoms with Gasteiger partial charge in [-0.2, -0.15) is 4.98 Å². The predicted molar refractivity (Wildman–Crippen MR) is 79.2 cm³/mol. The molecule has 0 saturated heterocycles. The predicted octanol–water partition coefficient (Wildman–Crippen LogP) is 4.24. The normalized spacial score (nSPS) is 11.2. The molecule has 0 N–H and O–H groups in total. The Kier molecular flexibility index (Phi) is 2.58. The summed E-state index contributed by atoms with van der Waals surface area (Å²) >= 11 is 2.98. The van der Waals surface area contributed by atoms with Crippen molar-refractivity contribution >= 4 is 33.0 Å². The van der Waals surface area contributed by atoms with Gasteiger partial charge in [0.25, 0.3) is 11.4 Å². The molecule has 4 aromatic heterocycles. The van der Waals surface area contributed by atoms with E-state index in [4.69, 9.17) is 8.83 Å². The van der Waals surface area contributed by atoms with Crippen molar-refractivity contribution in [2.24, 2.45) is 0 Å². The Labute approximate surface area is 120 Å². The molecule has 0 aromatic carbocycles. The molecule has 0 bridgehead atoms. The minimum Gasteiger partial charge on any atom is -0.459 e. The van der Waals surface area contributed by atoms with Crippen LogP contribution in [0.5, 0.6) is 0 Å². The van der Waals surface area contributed by atoms with Gasteiger partial charge in [-0.1, -0.05) is 6.07 Å². The number of hydrogen-bond acceptors (Lipinski definition) is 6. The van der Waals surface area contributed by atoms with Crippen molar-refractivity contribution in [2.75, 3.05) is 0 Å². The van der Waals surface area contributed by atoms with Crippen LogP contribution in [0.2, 0.25) is 0 Å². The van der Waals surface area contributed by atoms with Crippen LogP contribution in [-0.4, -0.2) is 4.98 Å². The van der Waals surface area contributed by atoms with Gasteiger partial charge in [-0.05, 0) is 23.6 Å². The first-order chi connectivity index (χ1) is 9.83. The molecule has 0 radical (unpaired) electrons. The van der Waals surface area contributed by atoms with Crippen LogP contribution < -0.4 is 5.56 Å². The lowest BCUT2D eigenvalue weighted by atomic mass is 10.2. The van der Waals surface area contributed by atoms with Crippen LogP contribution in [0.25, 0.3) is 32.4 Å². The minimum atomic E-state index is -0.290. The van der Waals surface area contributed by atoms with Crippen molar-refractivity contribution in [1.82, 2.24) is 4.98 Å². The number of fused-ring (bicyclic) bond motifs is 1. The third-order valence-electron chi connectivity index (χ3n) is 2.88. The maximum Gasteiger partial charge on any atom is 0.285 e. The van der Waals surface area contributed by atoms with E-state index in [-0.39, 0.29) is 11.4 Å². The fourth-order valence-electron chi connectivity index (χ4n) is 2.00. The van der Waals surface area contributed by atoms with Crippen molar-refractivity contribution in [1.29, 1.82) is 0 Å². The largest absolute Gasteiger partial charge is 0.459 e. The van der Waals surface area contributed by atoms with Gasteiger partial charge in [0.2, 0.25) is 0 Å². The SMILES string of the molecule is O=c1nc(-c2ccco2)oc2scc(-c3cccs3)c12. The molecule has 6 heteroatoms. The third kappa shape index (κ3) is 1.73. The Hall–Kier alpha value is -2.18. The lowest BCUT2D eigenvalue weighted by Crippen LogP contribution is -2.06. The number of nitrogens with zero attached hydrogens (tertiary/aromatic N) is 1. The van der Waals surface area contributed by atoms with Crippen LogP contribution >= 0.6 is 22.7 Å². The van der Waals surface area contributed by atoms with Crippen molar-refractivity contribution < 1.29 is 8.83 Å². The van der Waals surface area contributed by atoms with E-state index in [2.05, 4.69) is 4.98 Å². The maximum absolute atomic E-state index is 12.3. The summed E-state index contributed by atoms with van der Waals surface area (Å²) in [4.78, 5) is 17.9. The van der Waals surface area contributed by atoms with E-state index >= 15 is 0 Å². The standard InChI is InChI=1S/C14H7NO3S2/c16-12-11-8(10-4-2-6-19-10)7-20-14(11)18-13(15-12)9-3-1-5-17-9/h1-7H. The summed E-state index contributed by atoms with van der Waals surface area (Å²) in [5.74, 6) is 0.669. The Morgan fingerprint density at radius 3 is 2.85 bits per heavy atom. The summed E-state index contributed by atoms with van der Waals surface area (Å²) in [7, 11) is 0. The second-order valence-corrected chi connectivity index (χ2v) is 5.88. The highest BCUT2D eigenvalue weighted by atomic mass is 32.1. The van der Waals surface area contributed by atoms with Gasteiger partial charge in [0.1, 0.15) is 5.39 Å². The molecule has 4 nitrogen and oxygen atoms in total. The zero-order chi connectivity index (χ0) is 13.5. The molecule has 0 aliphatic heterocycles. The summed E-state index contributed by atoms with van der Waals surface area (Å²) in [6, 6.07) is 7.37. The van der Waals surface area contributed by atoms with Crippen LogP contribution in [0.15, 0.2) is 54.9 Å². The highest BCUT2D eigenvalue weighted by Crippen LogP contribution is 2.35. The van der Waals surface area contributed by atoms with E-state index in [0.29, 0.717) is 16.0 Å². The summed E-state index contributed by atoms with van der Waals surface area (Å²) in [5.41, 5.74) is 0.592. The number of hydrogen-bond donors (Lipinski definition) is 0. The number of furan rings is 1. The zero-order valence-corrected chi connectivity index (χ0v) is 11.7. The Bertz CT molecular complexity index is 917. The van der Waals surface area contributed by atoms with Crippen molar-refractivity contribution in [3.8, 4) is 22.1 Å². The summed E-state index contributed by atoms with van der Waals surface area (Å²) in [6.45, 7) is 0. The molecule has 0 amide bonds. The Morgan fingerprint density at radius 1 is 1.15 bits per heavy atom. The lowest BCUT2D eigenvalue weighted by molar-refractivity contribution is 0.526. The Balaban J connectivity index is 1.98. The van der Waals surface area contributed by atoms with Crippen LogP contribution in [0.3, 0.4) is 0 Å². The molecule has 0 atom stereocenters. The number of rotatable bonds is 2. The van der Waals surface area contributed by atoms with Crippen molar-refractivity contribution in [3.05, 3.63) is 51.6 Å². The molecule has 0 saturated carbocycles. The molecule has 4 rings (SSSR count). The van der Waals surface area contributed by atoms with Crippen LogP contribution in [-0.2, 0) is 0 Å². The van der Waals surface area contributed by atoms with Gasteiger partial charge in [-0.3, -0.25) is 4.79 Å². The summed E-state index contributed by atoms with van der Waals surface area (Å²) < 4.78 is 10.9. The van der Waals surface area contributed by atoms with Gasteiger partial charge in [-0.15, -0.1) is 22.7 Å². The fraction of sp³-hybridized carbons (Fsp3) is 0. The molecule has 4 heterocycles. The molecular weight excluding hydrogens is 294 g/mol. The minimum absolute atomic E-state index is 0.215. The second kappa shape index (κ2) is 4.43. The molecule has 0 unspecified atom stereocenters. The fourth-order valence-corrected chi connectivity index (χ4v) is 3.73. The highest BCUT2D eigenvalue weighted by molar-refractivity contribution is 7.18. The van der Waals surface area contributed by atoms with Gasteiger partial charge in [-0.25, -0.2) is 0 Å². The summed E-state index contributed by atoms with van der Waals surface area (Å²) in [5, 5.41) is 4.44. The monoisotopic (exact) mass is 301 g/mol. The molecule has 0 fully saturated rings. The van der Waals surface area contributed by atoms with Gasteiger partial charge < -0.3 is 8.83 Å². The van der Waals surface area contributed by atoms with Crippen LogP contribution in [0.1, 0.15) is 0 Å². The molecule has 0 spiro atoms. The molecule has 0 aliphatic carbocycles. The molecule has 98 valence electrons. The first-order valence-corrected chi connectivity index (χ1v) is 7.59. The van der Waals surface area contributed by atoms with E-state index in [1.54, 1.807) is 23.5 Å². The maximum atomic E-state index is 12.3. The first-order valence-electron chi connectivity index (χ1n) is 5.83. The molecule has 0 aliphatic rings. The second-order valence-electron chi connectivity index (χ2n) is 4.09. The van der Waals surface area contributed by atoms with Gasteiger partial charge in [0, 0.05) is 15.8 Å². The highest BCUT2D eigenvalue weighted by Gasteiger charge is 2.16. The van der Waals surface area contributed by atoms with E-state index in [9.17, 15) is 4.79 Å². The quantitative estimate of drug-likeness (QED) is 0.555. The van der Waals surface area contributed by atoms with E-state index in [1.807, 2.05) is 22.9 Å². The van der Waals surface area contributed by atoms with Crippen LogP contribution in [0, 0.1) is 0 Å².